The van der Waals surface area contributed by atoms with E-state index in [9.17, 15) is 5.11 Å². The van der Waals surface area contributed by atoms with Crippen LogP contribution in [0.1, 0.15) is 30.7 Å². The Bertz CT molecular complexity index is 483. The summed E-state index contributed by atoms with van der Waals surface area (Å²) in [6.07, 6.45) is 4.81. The van der Waals surface area contributed by atoms with Crippen molar-refractivity contribution < 1.29 is 9.52 Å². The van der Waals surface area contributed by atoms with Crippen LogP contribution in [0.25, 0.3) is 0 Å². The molecular weight excluding hydrogens is 212 g/mol. The highest BCUT2D eigenvalue weighted by atomic mass is 16.3. The minimum Gasteiger partial charge on any atom is -0.469 e. The Hall–Kier alpha value is -1.28. The van der Waals surface area contributed by atoms with Gasteiger partial charge in [-0.05, 0) is 30.5 Å². The van der Waals surface area contributed by atoms with Crippen LogP contribution in [0.5, 0.6) is 0 Å². The summed E-state index contributed by atoms with van der Waals surface area (Å²) < 4.78 is 5.57. The molecule has 2 atom stereocenters. The highest BCUT2D eigenvalue weighted by Gasteiger charge is 2.50. The van der Waals surface area contributed by atoms with E-state index in [2.05, 4.69) is 13.2 Å². The Balaban J connectivity index is 2.58. The van der Waals surface area contributed by atoms with Crippen molar-refractivity contribution in [3.05, 3.63) is 48.0 Å². The molecule has 92 valence electrons. The van der Waals surface area contributed by atoms with Crippen molar-refractivity contribution >= 4 is 0 Å². The molecule has 1 aliphatic rings. The summed E-state index contributed by atoms with van der Waals surface area (Å²) in [6.45, 7) is 13.7. The Morgan fingerprint density at radius 1 is 1.53 bits per heavy atom. The molecule has 2 rings (SSSR count). The highest BCUT2D eigenvalue weighted by Crippen LogP contribution is 2.48. The first-order chi connectivity index (χ1) is 7.84. The predicted molar refractivity (Wildman–Crippen MR) is 68.9 cm³/mol. The van der Waals surface area contributed by atoms with Crippen LogP contribution >= 0.6 is 0 Å². The Morgan fingerprint density at radius 3 is 2.71 bits per heavy atom. The normalized spacial score (nSPS) is 32.0. The number of fused-ring (bicyclic) bond motifs is 1. The molecule has 0 fully saturated rings. The summed E-state index contributed by atoms with van der Waals surface area (Å²) in [6, 6.07) is 0. The molecule has 17 heavy (non-hydrogen) atoms. The van der Waals surface area contributed by atoms with E-state index in [4.69, 9.17) is 4.42 Å². The van der Waals surface area contributed by atoms with Gasteiger partial charge in [0.15, 0.2) is 0 Å². The fraction of sp³-hybridized carbons (Fsp3) is 0.467. The molecule has 2 nitrogen and oxygen atoms in total. The molecule has 0 saturated carbocycles. The van der Waals surface area contributed by atoms with Crippen LogP contribution < -0.4 is 0 Å². The van der Waals surface area contributed by atoms with Crippen LogP contribution in [-0.2, 0) is 12.8 Å². The summed E-state index contributed by atoms with van der Waals surface area (Å²) in [5.74, 6) is 0.968. The zero-order chi connectivity index (χ0) is 12.8. The van der Waals surface area contributed by atoms with Gasteiger partial charge in [-0.25, -0.2) is 0 Å². The van der Waals surface area contributed by atoms with Gasteiger partial charge in [-0.3, -0.25) is 0 Å². The third-order valence-electron chi connectivity index (χ3n) is 4.25. The summed E-state index contributed by atoms with van der Waals surface area (Å²) in [4.78, 5) is 0. The maximum Gasteiger partial charge on any atom is 0.108 e. The predicted octanol–water partition coefficient (Wildman–Crippen LogP) is 3.19. The monoisotopic (exact) mass is 232 g/mol. The van der Waals surface area contributed by atoms with Gasteiger partial charge in [0, 0.05) is 18.3 Å². The molecule has 0 aliphatic heterocycles. The summed E-state index contributed by atoms with van der Waals surface area (Å²) in [5, 5.41) is 10.9. The van der Waals surface area contributed by atoms with Crippen LogP contribution in [0, 0.1) is 12.3 Å². The van der Waals surface area contributed by atoms with Crippen molar-refractivity contribution in [1.82, 2.24) is 0 Å². The van der Waals surface area contributed by atoms with Crippen molar-refractivity contribution in [1.29, 1.82) is 0 Å². The zero-order valence-corrected chi connectivity index (χ0v) is 10.8. The Labute approximate surface area is 103 Å². The molecule has 0 bridgehead atoms. The van der Waals surface area contributed by atoms with E-state index in [0.29, 0.717) is 12.8 Å². The van der Waals surface area contributed by atoms with Gasteiger partial charge in [0.25, 0.3) is 0 Å². The van der Waals surface area contributed by atoms with Crippen LogP contribution in [0.15, 0.2) is 35.5 Å². The molecule has 0 spiro atoms. The summed E-state index contributed by atoms with van der Waals surface area (Å²) in [7, 11) is 0. The van der Waals surface area contributed by atoms with Crippen molar-refractivity contribution in [2.24, 2.45) is 5.41 Å². The second-order valence-electron chi connectivity index (χ2n) is 5.44. The van der Waals surface area contributed by atoms with Crippen LogP contribution in [0.2, 0.25) is 0 Å². The van der Waals surface area contributed by atoms with E-state index in [1.54, 1.807) is 6.26 Å². The van der Waals surface area contributed by atoms with Gasteiger partial charge >= 0.3 is 0 Å². The molecule has 0 saturated heterocycles. The third-order valence-corrected chi connectivity index (χ3v) is 4.25. The van der Waals surface area contributed by atoms with Gasteiger partial charge < -0.3 is 9.52 Å². The minimum absolute atomic E-state index is 0.421. The van der Waals surface area contributed by atoms with Gasteiger partial charge in [0.05, 0.1) is 11.9 Å². The molecule has 0 radical (unpaired) electrons. The van der Waals surface area contributed by atoms with Gasteiger partial charge in [0.2, 0.25) is 0 Å². The lowest BCUT2D eigenvalue weighted by Crippen LogP contribution is -2.51. The molecule has 2 heteroatoms. The average Bonchev–Trinajstić information content (AvgIpc) is 2.60. The number of furan rings is 1. The first kappa shape index (κ1) is 12.2. The quantitative estimate of drug-likeness (QED) is 0.794. The van der Waals surface area contributed by atoms with E-state index in [1.165, 1.54) is 0 Å². The minimum atomic E-state index is -0.934. The molecule has 0 unspecified atom stereocenters. The largest absolute Gasteiger partial charge is 0.469 e. The van der Waals surface area contributed by atoms with E-state index >= 15 is 0 Å². The fourth-order valence-corrected chi connectivity index (χ4v) is 2.72. The maximum absolute atomic E-state index is 10.9. The van der Waals surface area contributed by atoms with Crippen molar-refractivity contribution in [2.45, 2.75) is 39.2 Å². The van der Waals surface area contributed by atoms with E-state index in [0.717, 1.165) is 22.5 Å². The number of aryl methyl sites for hydroxylation is 1. The molecule has 0 aromatic carbocycles. The fourth-order valence-electron chi connectivity index (χ4n) is 2.72. The third kappa shape index (κ3) is 1.51. The Kier molecular flexibility index (Phi) is 2.58. The molecule has 1 aromatic rings. The van der Waals surface area contributed by atoms with E-state index in [-0.39, 0.29) is 0 Å². The SMILES string of the molecule is C=C[C@]1(C)Cc2occ(C)c2C[C@@]1(O)C(=C)C. The van der Waals surface area contributed by atoms with E-state index < -0.39 is 11.0 Å². The summed E-state index contributed by atoms with van der Waals surface area (Å²) in [5.41, 5.74) is 1.65. The van der Waals surface area contributed by atoms with Crippen LogP contribution in [-0.4, -0.2) is 10.7 Å². The number of hydrogen-bond acceptors (Lipinski definition) is 2. The second-order valence-corrected chi connectivity index (χ2v) is 5.44. The average molecular weight is 232 g/mol. The lowest BCUT2D eigenvalue weighted by Gasteiger charge is -2.46. The maximum atomic E-state index is 10.9. The molecule has 0 amide bonds. The second kappa shape index (κ2) is 3.61. The van der Waals surface area contributed by atoms with Gasteiger partial charge in [-0.2, -0.15) is 0 Å². The van der Waals surface area contributed by atoms with Gasteiger partial charge in [-0.15, -0.1) is 6.58 Å². The summed E-state index contributed by atoms with van der Waals surface area (Å²) >= 11 is 0. The van der Waals surface area contributed by atoms with E-state index in [1.807, 2.05) is 26.8 Å². The van der Waals surface area contributed by atoms with Crippen molar-refractivity contribution in [3.63, 3.8) is 0 Å². The number of aliphatic hydroxyl groups is 1. The topological polar surface area (TPSA) is 33.4 Å². The smallest absolute Gasteiger partial charge is 0.108 e. The number of rotatable bonds is 2. The van der Waals surface area contributed by atoms with Crippen LogP contribution in [0.4, 0.5) is 0 Å². The van der Waals surface area contributed by atoms with Gasteiger partial charge in [0.1, 0.15) is 5.76 Å². The molecule has 1 aliphatic carbocycles. The lowest BCUT2D eigenvalue weighted by molar-refractivity contribution is -0.0274. The van der Waals surface area contributed by atoms with Crippen LogP contribution in [0.3, 0.4) is 0 Å². The Morgan fingerprint density at radius 2 is 2.18 bits per heavy atom. The first-order valence-electron chi connectivity index (χ1n) is 5.92. The lowest BCUT2D eigenvalue weighted by atomic mass is 9.61. The van der Waals surface area contributed by atoms with Crippen molar-refractivity contribution in [2.75, 3.05) is 0 Å². The molecule has 1 N–H and O–H groups in total. The first-order valence-corrected chi connectivity index (χ1v) is 5.92. The zero-order valence-electron chi connectivity index (χ0n) is 10.8. The highest BCUT2D eigenvalue weighted by molar-refractivity contribution is 5.39. The standard InChI is InChI=1S/C15H20O2/c1-6-14(5)8-13-12(11(4)9-17-13)7-15(14,16)10(2)3/h6,9,16H,1-2,7-8H2,3-5H3/t14-,15-/m1/s1. The number of hydrogen-bond donors (Lipinski definition) is 1. The molecule has 1 aromatic heterocycles. The molecule has 1 heterocycles. The van der Waals surface area contributed by atoms with Gasteiger partial charge in [-0.1, -0.05) is 19.6 Å². The van der Waals surface area contributed by atoms with Crippen molar-refractivity contribution in [3.8, 4) is 0 Å². The molecular formula is C15H20O2.